The van der Waals surface area contributed by atoms with E-state index in [9.17, 15) is 9.59 Å². The Morgan fingerprint density at radius 1 is 1.22 bits per heavy atom. The topological polar surface area (TPSA) is 100 Å². The molecule has 0 unspecified atom stereocenters. The van der Waals surface area contributed by atoms with Crippen molar-refractivity contribution in [1.82, 2.24) is 21.0 Å². The number of H-pyrrole nitrogens is 1. The van der Waals surface area contributed by atoms with Crippen molar-refractivity contribution in [3.63, 3.8) is 0 Å². The molecule has 3 rings (SSSR count). The van der Waals surface area contributed by atoms with E-state index in [-0.39, 0.29) is 18.2 Å². The molecule has 0 saturated heterocycles. The molecule has 7 heteroatoms. The first kappa shape index (κ1) is 14.8. The van der Waals surface area contributed by atoms with Crippen molar-refractivity contribution in [3.05, 3.63) is 53.0 Å². The molecule has 0 aliphatic rings. The van der Waals surface area contributed by atoms with Gasteiger partial charge in [0.15, 0.2) is 0 Å². The van der Waals surface area contributed by atoms with Crippen LogP contribution < -0.4 is 10.9 Å². The number of rotatable bonds is 3. The van der Waals surface area contributed by atoms with Crippen molar-refractivity contribution in [3.8, 4) is 0 Å². The Balaban J connectivity index is 1.64. The lowest BCUT2D eigenvalue weighted by Crippen LogP contribution is -2.42. The van der Waals surface area contributed by atoms with E-state index in [1.807, 2.05) is 24.3 Å². The van der Waals surface area contributed by atoms with Crippen LogP contribution in [0.3, 0.4) is 0 Å². The van der Waals surface area contributed by atoms with Gasteiger partial charge in [-0.25, -0.2) is 0 Å². The summed E-state index contributed by atoms with van der Waals surface area (Å²) in [5.41, 5.74) is 7.55. The highest BCUT2D eigenvalue weighted by atomic mass is 16.5. The van der Waals surface area contributed by atoms with Crippen LogP contribution in [0.5, 0.6) is 0 Å². The third-order valence-electron chi connectivity index (χ3n) is 3.67. The van der Waals surface area contributed by atoms with Gasteiger partial charge in [0.2, 0.25) is 5.91 Å². The number of benzene rings is 1. The molecular weight excluding hydrogens is 296 g/mol. The minimum Gasteiger partial charge on any atom is -0.361 e. The number of fused-ring (bicyclic) bond motifs is 1. The fourth-order valence-electron chi connectivity index (χ4n) is 2.41. The number of hydrazine groups is 1. The van der Waals surface area contributed by atoms with Gasteiger partial charge in [0.1, 0.15) is 5.76 Å². The molecule has 0 aliphatic carbocycles. The zero-order valence-electron chi connectivity index (χ0n) is 12.8. The SMILES string of the molecule is Cc1noc(C)c1CC(=O)NNC(=O)c1c[nH]c2ccccc12. The van der Waals surface area contributed by atoms with Crippen molar-refractivity contribution < 1.29 is 14.1 Å². The quantitative estimate of drug-likeness (QED) is 0.642. The van der Waals surface area contributed by atoms with Crippen LogP contribution in [-0.2, 0) is 11.2 Å². The standard InChI is InChI=1S/C16H16N4O3/c1-9-12(10(2)23-20-9)7-15(21)18-19-16(22)13-8-17-14-6-4-3-5-11(13)14/h3-6,8,17H,7H2,1-2H3,(H,18,21)(H,19,22). The molecule has 23 heavy (non-hydrogen) atoms. The summed E-state index contributed by atoms with van der Waals surface area (Å²) >= 11 is 0. The van der Waals surface area contributed by atoms with Crippen LogP contribution in [0, 0.1) is 13.8 Å². The van der Waals surface area contributed by atoms with E-state index in [1.54, 1.807) is 20.0 Å². The number of hydrogen-bond acceptors (Lipinski definition) is 4. The van der Waals surface area contributed by atoms with E-state index in [1.165, 1.54) is 0 Å². The van der Waals surface area contributed by atoms with E-state index in [2.05, 4.69) is 21.0 Å². The lowest BCUT2D eigenvalue weighted by molar-refractivity contribution is -0.121. The summed E-state index contributed by atoms with van der Waals surface area (Å²) in [6.45, 7) is 3.51. The van der Waals surface area contributed by atoms with Gasteiger partial charge in [-0.3, -0.25) is 20.4 Å². The summed E-state index contributed by atoms with van der Waals surface area (Å²) < 4.78 is 5.01. The number of hydrogen-bond donors (Lipinski definition) is 3. The van der Waals surface area contributed by atoms with Crippen LogP contribution in [0.25, 0.3) is 10.9 Å². The molecule has 2 heterocycles. The summed E-state index contributed by atoms with van der Waals surface area (Å²) in [7, 11) is 0. The minimum absolute atomic E-state index is 0.0926. The first-order chi connectivity index (χ1) is 11.1. The summed E-state index contributed by atoms with van der Waals surface area (Å²) in [6.07, 6.45) is 1.70. The highest BCUT2D eigenvalue weighted by Gasteiger charge is 2.15. The number of carbonyl (C=O) groups excluding carboxylic acids is 2. The number of aromatic nitrogens is 2. The van der Waals surface area contributed by atoms with Crippen molar-refractivity contribution in [2.75, 3.05) is 0 Å². The van der Waals surface area contributed by atoms with E-state index in [0.717, 1.165) is 16.5 Å². The lowest BCUT2D eigenvalue weighted by Gasteiger charge is -2.06. The molecule has 3 aromatic rings. The van der Waals surface area contributed by atoms with Crippen molar-refractivity contribution in [2.45, 2.75) is 20.3 Å². The number of carbonyl (C=O) groups is 2. The molecule has 0 radical (unpaired) electrons. The number of para-hydroxylation sites is 1. The zero-order chi connectivity index (χ0) is 16.4. The Labute approximate surface area is 132 Å². The van der Waals surface area contributed by atoms with Crippen molar-refractivity contribution >= 4 is 22.7 Å². The first-order valence-electron chi connectivity index (χ1n) is 7.13. The normalized spacial score (nSPS) is 10.7. The molecule has 0 fully saturated rings. The molecule has 0 bridgehead atoms. The molecule has 0 saturated carbocycles. The second-order valence-electron chi connectivity index (χ2n) is 5.23. The lowest BCUT2D eigenvalue weighted by atomic mass is 10.1. The van der Waals surface area contributed by atoms with Crippen LogP contribution in [0.2, 0.25) is 0 Å². The van der Waals surface area contributed by atoms with Crippen LogP contribution in [0.4, 0.5) is 0 Å². The number of nitrogens with zero attached hydrogens (tertiary/aromatic N) is 1. The Kier molecular flexibility index (Phi) is 3.84. The second kappa shape index (κ2) is 5.96. The van der Waals surface area contributed by atoms with E-state index >= 15 is 0 Å². The maximum Gasteiger partial charge on any atom is 0.271 e. The fraction of sp³-hybridized carbons (Fsp3) is 0.188. The van der Waals surface area contributed by atoms with Gasteiger partial charge in [-0.05, 0) is 19.9 Å². The summed E-state index contributed by atoms with van der Waals surface area (Å²) in [5.74, 6) is -0.122. The van der Waals surface area contributed by atoms with Gasteiger partial charge >= 0.3 is 0 Å². The summed E-state index contributed by atoms with van der Waals surface area (Å²) in [4.78, 5) is 27.1. The predicted octanol–water partition coefficient (Wildman–Crippen LogP) is 1.78. The minimum atomic E-state index is -0.380. The van der Waals surface area contributed by atoms with Gasteiger partial charge in [-0.2, -0.15) is 0 Å². The number of aryl methyl sites for hydroxylation is 2. The zero-order valence-corrected chi connectivity index (χ0v) is 12.8. The summed E-state index contributed by atoms with van der Waals surface area (Å²) in [6, 6.07) is 7.45. The number of amides is 2. The van der Waals surface area contributed by atoms with Gasteiger partial charge in [-0.15, -0.1) is 0 Å². The fourth-order valence-corrected chi connectivity index (χ4v) is 2.41. The van der Waals surface area contributed by atoms with E-state index < -0.39 is 0 Å². The largest absolute Gasteiger partial charge is 0.361 e. The molecular formula is C16H16N4O3. The third kappa shape index (κ3) is 2.94. The number of aromatic amines is 1. The van der Waals surface area contributed by atoms with Crippen LogP contribution >= 0.6 is 0 Å². The Morgan fingerprint density at radius 3 is 2.74 bits per heavy atom. The Bertz CT molecular complexity index is 859. The van der Waals surface area contributed by atoms with Gasteiger partial charge in [-0.1, -0.05) is 23.4 Å². The smallest absolute Gasteiger partial charge is 0.271 e. The Hall–Kier alpha value is -3.09. The average Bonchev–Trinajstić information content (AvgIpc) is 3.11. The molecule has 3 N–H and O–H groups in total. The molecule has 7 nitrogen and oxygen atoms in total. The average molecular weight is 312 g/mol. The van der Waals surface area contributed by atoms with Crippen LogP contribution in [0.15, 0.2) is 35.0 Å². The van der Waals surface area contributed by atoms with Crippen LogP contribution in [-0.4, -0.2) is 22.0 Å². The van der Waals surface area contributed by atoms with Crippen molar-refractivity contribution in [2.24, 2.45) is 0 Å². The molecule has 2 aromatic heterocycles. The molecule has 0 atom stereocenters. The summed E-state index contributed by atoms with van der Waals surface area (Å²) in [5, 5.41) is 4.59. The van der Waals surface area contributed by atoms with Gasteiger partial charge in [0, 0.05) is 22.7 Å². The first-order valence-corrected chi connectivity index (χ1v) is 7.13. The number of nitrogens with one attached hydrogen (secondary N) is 3. The van der Waals surface area contributed by atoms with E-state index in [0.29, 0.717) is 17.0 Å². The van der Waals surface area contributed by atoms with Crippen LogP contribution in [0.1, 0.15) is 27.4 Å². The maximum absolute atomic E-state index is 12.2. The predicted molar refractivity (Wildman–Crippen MR) is 83.6 cm³/mol. The highest BCUT2D eigenvalue weighted by molar-refractivity contribution is 6.07. The van der Waals surface area contributed by atoms with Gasteiger partial charge < -0.3 is 9.51 Å². The molecule has 118 valence electrons. The van der Waals surface area contributed by atoms with Crippen molar-refractivity contribution in [1.29, 1.82) is 0 Å². The monoisotopic (exact) mass is 312 g/mol. The molecule has 0 spiro atoms. The molecule has 0 aliphatic heterocycles. The van der Waals surface area contributed by atoms with Gasteiger partial charge in [0.05, 0.1) is 17.7 Å². The highest BCUT2D eigenvalue weighted by Crippen LogP contribution is 2.17. The van der Waals surface area contributed by atoms with Gasteiger partial charge in [0.25, 0.3) is 5.91 Å². The molecule has 2 amide bonds. The second-order valence-corrected chi connectivity index (χ2v) is 5.23. The van der Waals surface area contributed by atoms with E-state index in [4.69, 9.17) is 4.52 Å². The Morgan fingerprint density at radius 2 is 2.00 bits per heavy atom. The molecule has 1 aromatic carbocycles. The maximum atomic E-state index is 12.2. The third-order valence-corrected chi connectivity index (χ3v) is 3.67.